The standard InChI is InChI=1S/C15H15ClN4O3S/c1-24(22,23)20(14-4-2-3-13(16)9-14)11-15(21)19-18-10-12-5-7-17-8-6-12/h2-10H,11H2,1H3,(H,19,21)/b18-10-. The van der Waals surface area contributed by atoms with Crippen LogP contribution in [0.15, 0.2) is 53.9 Å². The van der Waals surface area contributed by atoms with E-state index in [-0.39, 0.29) is 0 Å². The number of hydrogen-bond donors (Lipinski definition) is 1. The molecule has 0 saturated heterocycles. The fourth-order valence-corrected chi connectivity index (χ4v) is 2.86. The number of nitrogens with one attached hydrogen (secondary N) is 1. The number of carbonyl (C=O) groups is 1. The number of pyridine rings is 1. The number of sulfonamides is 1. The minimum absolute atomic E-state index is 0.304. The van der Waals surface area contributed by atoms with E-state index in [1.807, 2.05) is 0 Å². The van der Waals surface area contributed by atoms with Gasteiger partial charge in [-0.05, 0) is 35.9 Å². The van der Waals surface area contributed by atoms with Crippen LogP contribution in [-0.2, 0) is 14.8 Å². The van der Waals surface area contributed by atoms with Crippen molar-refractivity contribution >= 4 is 39.4 Å². The van der Waals surface area contributed by atoms with Crippen molar-refractivity contribution in [2.75, 3.05) is 17.1 Å². The molecule has 0 radical (unpaired) electrons. The molecule has 1 heterocycles. The molecule has 0 saturated carbocycles. The van der Waals surface area contributed by atoms with Crippen molar-refractivity contribution in [2.24, 2.45) is 5.10 Å². The summed E-state index contributed by atoms with van der Waals surface area (Å²) in [5.74, 6) is -0.578. The highest BCUT2D eigenvalue weighted by Crippen LogP contribution is 2.21. The van der Waals surface area contributed by atoms with Crippen molar-refractivity contribution in [1.82, 2.24) is 10.4 Å². The fraction of sp³-hybridized carbons (Fsp3) is 0.133. The number of hydrogen-bond acceptors (Lipinski definition) is 5. The van der Waals surface area contributed by atoms with E-state index in [1.165, 1.54) is 12.3 Å². The molecule has 7 nitrogen and oxygen atoms in total. The second-order valence-corrected chi connectivity index (χ2v) is 7.17. The van der Waals surface area contributed by atoms with Crippen LogP contribution in [0.4, 0.5) is 5.69 Å². The van der Waals surface area contributed by atoms with E-state index < -0.39 is 22.5 Å². The van der Waals surface area contributed by atoms with Gasteiger partial charge in [-0.15, -0.1) is 0 Å². The number of hydrazone groups is 1. The molecule has 1 aromatic carbocycles. The molecule has 2 aromatic rings. The Labute approximate surface area is 145 Å². The van der Waals surface area contributed by atoms with Crippen LogP contribution in [0.1, 0.15) is 5.56 Å². The molecular formula is C15H15ClN4O3S. The number of amides is 1. The number of halogens is 1. The Kier molecular flexibility index (Phi) is 5.88. The number of carbonyl (C=O) groups excluding carboxylic acids is 1. The van der Waals surface area contributed by atoms with Gasteiger partial charge in [0.05, 0.1) is 18.2 Å². The Morgan fingerprint density at radius 1 is 1.33 bits per heavy atom. The molecule has 0 bridgehead atoms. The Balaban J connectivity index is 2.07. The molecule has 0 fully saturated rings. The summed E-state index contributed by atoms with van der Waals surface area (Å²) in [6.45, 7) is -0.410. The van der Waals surface area contributed by atoms with E-state index in [4.69, 9.17) is 11.6 Å². The number of rotatable bonds is 6. The molecule has 24 heavy (non-hydrogen) atoms. The zero-order chi connectivity index (χ0) is 17.6. The first kappa shape index (κ1) is 17.9. The highest BCUT2D eigenvalue weighted by atomic mass is 35.5. The van der Waals surface area contributed by atoms with Crippen molar-refractivity contribution in [2.45, 2.75) is 0 Å². The van der Waals surface area contributed by atoms with E-state index >= 15 is 0 Å². The summed E-state index contributed by atoms with van der Waals surface area (Å²) in [6, 6.07) is 9.67. The van der Waals surface area contributed by atoms with Crippen LogP contribution in [0.25, 0.3) is 0 Å². The lowest BCUT2D eigenvalue weighted by atomic mass is 10.3. The van der Waals surface area contributed by atoms with Crippen LogP contribution in [0.5, 0.6) is 0 Å². The van der Waals surface area contributed by atoms with Crippen LogP contribution in [0.2, 0.25) is 5.02 Å². The summed E-state index contributed by atoms with van der Waals surface area (Å²) in [7, 11) is -3.65. The second kappa shape index (κ2) is 7.89. The van der Waals surface area contributed by atoms with Gasteiger partial charge in [0.15, 0.2) is 0 Å². The van der Waals surface area contributed by atoms with Crippen molar-refractivity contribution in [1.29, 1.82) is 0 Å². The zero-order valence-corrected chi connectivity index (χ0v) is 14.3. The van der Waals surface area contributed by atoms with Gasteiger partial charge in [-0.25, -0.2) is 13.8 Å². The maximum atomic E-state index is 12.0. The smallest absolute Gasteiger partial charge is 0.260 e. The maximum absolute atomic E-state index is 12.0. The van der Waals surface area contributed by atoms with Gasteiger partial charge in [0, 0.05) is 17.4 Å². The molecule has 0 aliphatic heterocycles. The summed E-state index contributed by atoms with van der Waals surface area (Å²) < 4.78 is 24.8. The molecule has 126 valence electrons. The van der Waals surface area contributed by atoms with Crippen LogP contribution >= 0.6 is 11.6 Å². The summed E-state index contributed by atoms with van der Waals surface area (Å²) in [4.78, 5) is 15.8. The van der Waals surface area contributed by atoms with E-state index in [1.54, 1.807) is 42.7 Å². The molecule has 0 atom stereocenters. The third-order valence-electron chi connectivity index (χ3n) is 2.89. The normalized spacial score (nSPS) is 11.4. The summed E-state index contributed by atoms with van der Waals surface area (Å²) >= 11 is 5.88. The zero-order valence-electron chi connectivity index (χ0n) is 12.8. The van der Waals surface area contributed by atoms with Gasteiger partial charge in [0.25, 0.3) is 5.91 Å². The van der Waals surface area contributed by atoms with Crippen LogP contribution in [0, 0.1) is 0 Å². The lowest BCUT2D eigenvalue weighted by Gasteiger charge is -2.21. The number of benzene rings is 1. The fourth-order valence-electron chi connectivity index (χ4n) is 1.83. The third-order valence-corrected chi connectivity index (χ3v) is 4.27. The maximum Gasteiger partial charge on any atom is 0.260 e. The highest BCUT2D eigenvalue weighted by molar-refractivity contribution is 7.92. The van der Waals surface area contributed by atoms with Crippen molar-refractivity contribution in [3.05, 3.63) is 59.4 Å². The molecular weight excluding hydrogens is 352 g/mol. The molecule has 1 amide bonds. The SMILES string of the molecule is CS(=O)(=O)N(CC(=O)N/N=C\c1ccncc1)c1cccc(Cl)c1. The van der Waals surface area contributed by atoms with Crippen LogP contribution in [-0.4, -0.2) is 38.3 Å². The quantitative estimate of drug-likeness (QED) is 0.621. The number of aromatic nitrogens is 1. The predicted molar refractivity (Wildman–Crippen MR) is 93.6 cm³/mol. The van der Waals surface area contributed by atoms with Gasteiger partial charge >= 0.3 is 0 Å². The first-order chi connectivity index (χ1) is 11.4. The summed E-state index contributed by atoms with van der Waals surface area (Å²) in [5.41, 5.74) is 3.34. The molecule has 1 N–H and O–H groups in total. The van der Waals surface area contributed by atoms with E-state index in [2.05, 4.69) is 15.5 Å². The van der Waals surface area contributed by atoms with Crippen molar-refractivity contribution in [3.8, 4) is 0 Å². The van der Waals surface area contributed by atoms with Gasteiger partial charge in [0.1, 0.15) is 6.54 Å². The average molecular weight is 367 g/mol. The monoisotopic (exact) mass is 366 g/mol. The third kappa shape index (κ3) is 5.32. The van der Waals surface area contributed by atoms with Gasteiger partial charge < -0.3 is 0 Å². The first-order valence-electron chi connectivity index (χ1n) is 6.81. The Bertz CT molecular complexity index is 841. The number of nitrogens with zero attached hydrogens (tertiary/aromatic N) is 3. The topological polar surface area (TPSA) is 91.7 Å². The van der Waals surface area contributed by atoms with Gasteiger partial charge in [-0.1, -0.05) is 17.7 Å². The lowest BCUT2D eigenvalue weighted by molar-refractivity contribution is -0.119. The highest BCUT2D eigenvalue weighted by Gasteiger charge is 2.20. The van der Waals surface area contributed by atoms with Gasteiger partial charge in [-0.3, -0.25) is 14.1 Å². The first-order valence-corrected chi connectivity index (χ1v) is 9.04. The largest absolute Gasteiger partial charge is 0.271 e. The van der Waals surface area contributed by atoms with Gasteiger partial charge in [-0.2, -0.15) is 5.10 Å². The Hall–Kier alpha value is -2.45. The minimum atomic E-state index is -3.65. The van der Waals surface area contributed by atoms with Crippen LogP contribution < -0.4 is 9.73 Å². The molecule has 9 heteroatoms. The Morgan fingerprint density at radius 2 is 2.04 bits per heavy atom. The van der Waals surface area contributed by atoms with Crippen molar-refractivity contribution in [3.63, 3.8) is 0 Å². The molecule has 2 rings (SSSR count). The molecule has 0 aliphatic carbocycles. The lowest BCUT2D eigenvalue weighted by Crippen LogP contribution is -2.39. The summed E-state index contributed by atoms with van der Waals surface area (Å²) in [6.07, 6.45) is 5.63. The molecule has 0 spiro atoms. The van der Waals surface area contributed by atoms with Crippen molar-refractivity contribution < 1.29 is 13.2 Å². The van der Waals surface area contributed by atoms with Crippen LogP contribution in [0.3, 0.4) is 0 Å². The van der Waals surface area contributed by atoms with E-state index in [0.717, 1.165) is 16.1 Å². The summed E-state index contributed by atoms with van der Waals surface area (Å²) in [5, 5.41) is 4.16. The average Bonchev–Trinajstić information content (AvgIpc) is 2.52. The second-order valence-electron chi connectivity index (χ2n) is 4.82. The molecule has 1 aromatic heterocycles. The molecule has 0 unspecified atom stereocenters. The van der Waals surface area contributed by atoms with Gasteiger partial charge in [0.2, 0.25) is 10.0 Å². The minimum Gasteiger partial charge on any atom is -0.271 e. The predicted octanol–water partition coefficient (Wildman–Crippen LogP) is 1.65. The van der Waals surface area contributed by atoms with E-state index in [9.17, 15) is 13.2 Å². The molecule has 0 aliphatic rings. The number of anilines is 1. The Morgan fingerprint density at radius 3 is 2.67 bits per heavy atom. The van der Waals surface area contributed by atoms with E-state index in [0.29, 0.717) is 10.7 Å².